The number of carbonyl (C=O) groups is 2. The van der Waals surface area contributed by atoms with Gasteiger partial charge in [0.2, 0.25) is 5.91 Å². The second-order valence-electron chi connectivity index (χ2n) is 7.65. The third-order valence-corrected chi connectivity index (χ3v) is 5.76. The van der Waals surface area contributed by atoms with Crippen LogP contribution in [0.3, 0.4) is 0 Å². The molecule has 0 aromatic heterocycles. The minimum atomic E-state index is -0.0989. The Morgan fingerprint density at radius 3 is 2.33 bits per heavy atom. The first kappa shape index (κ1) is 17.5. The van der Waals surface area contributed by atoms with Crippen LogP contribution in [0.15, 0.2) is 0 Å². The smallest absolute Gasteiger partial charge is 0.317 e. The number of piperazine rings is 1. The Bertz CT molecular complexity index is 438. The third kappa shape index (κ3) is 4.85. The van der Waals surface area contributed by atoms with Gasteiger partial charge in [-0.25, -0.2) is 4.79 Å². The van der Waals surface area contributed by atoms with E-state index in [2.05, 4.69) is 15.5 Å². The zero-order chi connectivity index (χ0) is 16.9. The molecular weight excluding hydrogens is 304 g/mol. The lowest BCUT2D eigenvalue weighted by atomic mass is 10.0. The number of rotatable bonds is 6. The van der Waals surface area contributed by atoms with Crippen LogP contribution in [-0.2, 0) is 4.79 Å². The summed E-state index contributed by atoms with van der Waals surface area (Å²) in [5, 5.41) is 6.14. The predicted octanol–water partition coefficient (Wildman–Crippen LogP) is 1.56. The van der Waals surface area contributed by atoms with Crippen LogP contribution in [-0.4, -0.2) is 66.5 Å². The summed E-state index contributed by atoms with van der Waals surface area (Å²) in [5.74, 6) is 0.944. The van der Waals surface area contributed by atoms with Gasteiger partial charge in [-0.15, -0.1) is 0 Å². The van der Waals surface area contributed by atoms with E-state index in [1.54, 1.807) is 0 Å². The topological polar surface area (TPSA) is 64.7 Å². The summed E-state index contributed by atoms with van der Waals surface area (Å²) in [6.45, 7) is 5.72. The van der Waals surface area contributed by atoms with E-state index in [9.17, 15) is 9.59 Å². The van der Waals surface area contributed by atoms with Gasteiger partial charge < -0.3 is 15.5 Å². The van der Waals surface area contributed by atoms with E-state index in [1.807, 2.05) is 11.8 Å². The molecule has 6 nitrogen and oxygen atoms in total. The predicted molar refractivity (Wildman–Crippen MR) is 93.7 cm³/mol. The zero-order valence-corrected chi connectivity index (χ0v) is 14.9. The van der Waals surface area contributed by atoms with Crippen LogP contribution in [0.5, 0.6) is 0 Å². The minimum Gasteiger partial charge on any atom is -0.352 e. The maximum atomic E-state index is 12.3. The minimum absolute atomic E-state index is 0.0581. The van der Waals surface area contributed by atoms with E-state index in [-0.39, 0.29) is 18.0 Å². The largest absolute Gasteiger partial charge is 0.352 e. The quantitative estimate of drug-likeness (QED) is 0.774. The first-order valence-electron chi connectivity index (χ1n) is 9.70. The molecule has 136 valence electrons. The van der Waals surface area contributed by atoms with Crippen molar-refractivity contribution in [2.45, 2.75) is 64.0 Å². The van der Waals surface area contributed by atoms with E-state index < -0.39 is 0 Å². The normalized spacial score (nSPS) is 24.0. The summed E-state index contributed by atoms with van der Waals surface area (Å²) in [6, 6.07) is 0.368. The van der Waals surface area contributed by atoms with E-state index in [4.69, 9.17) is 0 Å². The van der Waals surface area contributed by atoms with Gasteiger partial charge in [-0.05, 0) is 32.1 Å². The summed E-state index contributed by atoms with van der Waals surface area (Å²) in [6.07, 6.45) is 8.72. The molecule has 0 aromatic carbocycles. The molecule has 0 radical (unpaired) electrons. The van der Waals surface area contributed by atoms with Crippen LogP contribution in [0.4, 0.5) is 4.79 Å². The van der Waals surface area contributed by atoms with Crippen LogP contribution in [0.1, 0.15) is 51.9 Å². The molecule has 2 saturated carbocycles. The molecule has 0 unspecified atom stereocenters. The number of carbonyl (C=O) groups excluding carboxylic acids is 2. The summed E-state index contributed by atoms with van der Waals surface area (Å²) < 4.78 is 0. The van der Waals surface area contributed by atoms with Crippen molar-refractivity contribution in [2.75, 3.05) is 32.7 Å². The molecule has 3 amide bonds. The third-order valence-electron chi connectivity index (χ3n) is 5.76. The van der Waals surface area contributed by atoms with Crippen molar-refractivity contribution in [3.8, 4) is 0 Å². The lowest BCUT2D eigenvalue weighted by Crippen LogP contribution is -2.56. The lowest BCUT2D eigenvalue weighted by molar-refractivity contribution is -0.126. The highest BCUT2D eigenvalue weighted by Crippen LogP contribution is 2.26. The number of nitrogens with one attached hydrogen (secondary N) is 2. The van der Waals surface area contributed by atoms with Crippen molar-refractivity contribution in [3.05, 3.63) is 0 Å². The Morgan fingerprint density at radius 2 is 1.71 bits per heavy atom. The van der Waals surface area contributed by atoms with E-state index in [0.29, 0.717) is 19.1 Å². The fourth-order valence-corrected chi connectivity index (χ4v) is 3.82. The molecule has 0 spiro atoms. The maximum Gasteiger partial charge on any atom is 0.317 e. The Labute approximate surface area is 145 Å². The van der Waals surface area contributed by atoms with Crippen molar-refractivity contribution in [1.29, 1.82) is 0 Å². The van der Waals surface area contributed by atoms with Crippen molar-refractivity contribution in [1.82, 2.24) is 20.4 Å². The summed E-state index contributed by atoms with van der Waals surface area (Å²) in [7, 11) is 0. The molecule has 3 rings (SSSR count). The number of amides is 3. The molecule has 1 saturated heterocycles. The lowest BCUT2D eigenvalue weighted by Gasteiger charge is -2.37. The van der Waals surface area contributed by atoms with Crippen LogP contribution in [0.2, 0.25) is 0 Å². The molecule has 6 heteroatoms. The van der Waals surface area contributed by atoms with Gasteiger partial charge in [0.05, 0.1) is 6.04 Å². The maximum absolute atomic E-state index is 12.3. The Hall–Kier alpha value is -1.30. The standard InChI is InChI=1S/C18H32N4O2/c1-14(17(23)20-16-6-7-16)21-10-12-22(13-11-21)18(24)19-9-8-15-4-2-3-5-15/h14-16H,2-13H2,1H3,(H,19,24)(H,20,23)/t14-/m0/s1. The first-order valence-corrected chi connectivity index (χ1v) is 9.70. The molecule has 1 atom stereocenters. The van der Waals surface area contributed by atoms with Gasteiger partial charge in [-0.1, -0.05) is 25.7 Å². The summed E-state index contributed by atoms with van der Waals surface area (Å²) in [4.78, 5) is 28.4. The molecular formula is C18H32N4O2. The van der Waals surface area contributed by atoms with Gasteiger partial charge in [0.25, 0.3) is 0 Å². The second kappa shape index (κ2) is 8.19. The highest BCUT2D eigenvalue weighted by molar-refractivity contribution is 5.82. The Kier molecular flexibility index (Phi) is 5.98. The molecule has 24 heavy (non-hydrogen) atoms. The fourth-order valence-electron chi connectivity index (χ4n) is 3.82. The van der Waals surface area contributed by atoms with Crippen LogP contribution >= 0.6 is 0 Å². The molecule has 0 aromatic rings. The molecule has 3 fully saturated rings. The van der Waals surface area contributed by atoms with Gasteiger partial charge >= 0.3 is 6.03 Å². The molecule has 0 bridgehead atoms. The highest BCUT2D eigenvalue weighted by atomic mass is 16.2. The van der Waals surface area contributed by atoms with Crippen LogP contribution in [0, 0.1) is 5.92 Å². The number of hydrogen-bond donors (Lipinski definition) is 2. The Morgan fingerprint density at radius 1 is 1.04 bits per heavy atom. The SMILES string of the molecule is C[C@@H](C(=O)NC1CC1)N1CCN(C(=O)NCCC2CCCC2)CC1. The Balaban J connectivity index is 1.33. The van der Waals surface area contributed by atoms with E-state index >= 15 is 0 Å². The molecule has 1 heterocycles. The number of urea groups is 1. The number of hydrogen-bond acceptors (Lipinski definition) is 3. The van der Waals surface area contributed by atoms with Crippen LogP contribution < -0.4 is 10.6 Å². The number of nitrogens with zero attached hydrogens (tertiary/aromatic N) is 2. The van der Waals surface area contributed by atoms with E-state index in [0.717, 1.165) is 44.8 Å². The zero-order valence-electron chi connectivity index (χ0n) is 14.9. The van der Waals surface area contributed by atoms with Gasteiger partial charge in [0.1, 0.15) is 0 Å². The summed E-state index contributed by atoms with van der Waals surface area (Å²) in [5.41, 5.74) is 0. The molecule has 3 aliphatic rings. The van der Waals surface area contributed by atoms with Gasteiger partial charge in [0.15, 0.2) is 0 Å². The van der Waals surface area contributed by atoms with Gasteiger partial charge in [-0.3, -0.25) is 9.69 Å². The van der Waals surface area contributed by atoms with Crippen molar-refractivity contribution in [2.24, 2.45) is 5.92 Å². The van der Waals surface area contributed by atoms with Crippen LogP contribution in [0.25, 0.3) is 0 Å². The highest BCUT2D eigenvalue weighted by Gasteiger charge is 2.30. The van der Waals surface area contributed by atoms with Gasteiger partial charge in [-0.2, -0.15) is 0 Å². The monoisotopic (exact) mass is 336 g/mol. The molecule has 1 aliphatic heterocycles. The first-order chi connectivity index (χ1) is 11.6. The summed E-state index contributed by atoms with van der Waals surface area (Å²) >= 11 is 0. The average molecular weight is 336 g/mol. The average Bonchev–Trinajstić information content (AvgIpc) is 3.26. The van der Waals surface area contributed by atoms with Crippen molar-refractivity contribution < 1.29 is 9.59 Å². The second-order valence-corrected chi connectivity index (χ2v) is 7.65. The van der Waals surface area contributed by atoms with Crippen molar-refractivity contribution >= 4 is 11.9 Å². The molecule has 2 N–H and O–H groups in total. The van der Waals surface area contributed by atoms with Crippen molar-refractivity contribution in [3.63, 3.8) is 0 Å². The fraction of sp³-hybridized carbons (Fsp3) is 0.889. The van der Waals surface area contributed by atoms with Gasteiger partial charge in [0, 0.05) is 38.8 Å². The molecule has 2 aliphatic carbocycles. The van der Waals surface area contributed by atoms with E-state index in [1.165, 1.54) is 25.7 Å².